The minimum atomic E-state index is -3.09. The summed E-state index contributed by atoms with van der Waals surface area (Å²) in [5, 5.41) is 3.41. The molecule has 0 fully saturated rings. The van der Waals surface area contributed by atoms with Crippen LogP contribution in [-0.4, -0.2) is 39.0 Å². The smallest absolute Gasteiger partial charge is 0.340 e. The number of halogens is 1. The topological polar surface area (TPSA) is 72.5 Å². The van der Waals surface area contributed by atoms with Crippen molar-refractivity contribution in [3.63, 3.8) is 0 Å². The van der Waals surface area contributed by atoms with Gasteiger partial charge in [-0.2, -0.15) is 0 Å². The number of nitrogens with one attached hydrogen (secondary N) is 1. The highest BCUT2D eigenvalue weighted by atomic mass is 35.5. The van der Waals surface area contributed by atoms with Gasteiger partial charge in [-0.1, -0.05) is 18.5 Å². The fourth-order valence-corrected chi connectivity index (χ4v) is 2.98. The van der Waals surface area contributed by atoms with Crippen molar-refractivity contribution >= 4 is 33.1 Å². The van der Waals surface area contributed by atoms with Crippen LogP contribution < -0.4 is 5.32 Å². The molecule has 0 aliphatic heterocycles. The van der Waals surface area contributed by atoms with Crippen LogP contribution in [0.15, 0.2) is 18.2 Å². The molecule has 0 amide bonds. The number of carbonyl (C=O) groups excluding carboxylic acids is 1. The van der Waals surface area contributed by atoms with Crippen molar-refractivity contribution in [3.8, 4) is 0 Å². The van der Waals surface area contributed by atoms with Crippen molar-refractivity contribution in [2.24, 2.45) is 0 Å². The molecule has 1 atom stereocenters. The second kappa shape index (κ2) is 6.95. The SMILES string of the molecule is CCS(=O)(=O)CC(C)Nc1ccc(Cl)cc1C(=O)OC. The summed E-state index contributed by atoms with van der Waals surface area (Å²) < 4.78 is 27.8. The molecular formula is C13H18ClNO4S. The van der Waals surface area contributed by atoms with Gasteiger partial charge in [0, 0.05) is 22.5 Å². The summed E-state index contributed by atoms with van der Waals surface area (Å²) in [6.45, 7) is 3.34. The lowest BCUT2D eigenvalue weighted by atomic mass is 10.1. The van der Waals surface area contributed by atoms with E-state index in [9.17, 15) is 13.2 Å². The lowest BCUT2D eigenvalue weighted by molar-refractivity contribution is 0.0602. The van der Waals surface area contributed by atoms with E-state index in [2.05, 4.69) is 10.1 Å². The van der Waals surface area contributed by atoms with Crippen LogP contribution in [0.25, 0.3) is 0 Å². The summed E-state index contributed by atoms with van der Waals surface area (Å²) in [6, 6.07) is 4.40. The summed E-state index contributed by atoms with van der Waals surface area (Å²) in [5.74, 6) is -0.448. The molecule has 0 aliphatic rings. The molecule has 0 saturated heterocycles. The number of rotatable bonds is 6. The molecule has 7 heteroatoms. The van der Waals surface area contributed by atoms with Crippen molar-refractivity contribution in [1.29, 1.82) is 0 Å². The second-order valence-corrected chi connectivity index (χ2v) is 7.26. The Labute approximate surface area is 124 Å². The van der Waals surface area contributed by atoms with Crippen molar-refractivity contribution in [3.05, 3.63) is 28.8 Å². The molecule has 1 rings (SSSR count). The zero-order valence-electron chi connectivity index (χ0n) is 11.6. The minimum Gasteiger partial charge on any atom is -0.465 e. The van der Waals surface area contributed by atoms with Crippen molar-refractivity contribution < 1.29 is 17.9 Å². The molecule has 1 N–H and O–H groups in total. The molecule has 5 nitrogen and oxygen atoms in total. The zero-order valence-corrected chi connectivity index (χ0v) is 13.2. The minimum absolute atomic E-state index is 0.00720. The fourth-order valence-electron chi connectivity index (χ4n) is 1.73. The highest BCUT2D eigenvalue weighted by molar-refractivity contribution is 7.91. The van der Waals surface area contributed by atoms with Crippen LogP contribution >= 0.6 is 11.6 Å². The average molecular weight is 320 g/mol. The summed E-state index contributed by atoms with van der Waals surface area (Å²) in [7, 11) is -1.81. The number of ether oxygens (including phenoxy) is 1. The Kier molecular flexibility index (Phi) is 5.83. The predicted octanol–water partition coefficient (Wildman–Crippen LogP) is 2.36. The Balaban J connectivity index is 2.95. The molecule has 20 heavy (non-hydrogen) atoms. The lowest BCUT2D eigenvalue weighted by Gasteiger charge is -2.17. The van der Waals surface area contributed by atoms with E-state index in [-0.39, 0.29) is 23.1 Å². The zero-order chi connectivity index (χ0) is 15.3. The van der Waals surface area contributed by atoms with Gasteiger partial charge < -0.3 is 10.1 Å². The monoisotopic (exact) mass is 319 g/mol. The maximum absolute atomic E-state index is 11.7. The normalized spacial score (nSPS) is 12.8. The highest BCUT2D eigenvalue weighted by Gasteiger charge is 2.17. The van der Waals surface area contributed by atoms with Gasteiger partial charge in [0.25, 0.3) is 0 Å². The van der Waals surface area contributed by atoms with E-state index in [1.54, 1.807) is 26.0 Å². The Morgan fingerprint density at radius 3 is 2.65 bits per heavy atom. The summed E-state index contributed by atoms with van der Waals surface area (Å²) in [4.78, 5) is 11.7. The third kappa shape index (κ3) is 4.68. The largest absolute Gasteiger partial charge is 0.465 e. The molecule has 0 aliphatic carbocycles. The fraction of sp³-hybridized carbons (Fsp3) is 0.462. The highest BCUT2D eigenvalue weighted by Crippen LogP contribution is 2.22. The quantitative estimate of drug-likeness (QED) is 0.815. The average Bonchev–Trinajstić information content (AvgIpc) is 2.39. The summed E-state index contributed by atoms with van der Waals surface area (Å²) >= 11 is 5.85. The number of anilines is 1. The van der Waals surface area contributed by atoms with Gasteiger partial charge in [-0.25, -0.2) is 13.2 Å². The third-order valence-corrected chi connectivity index (χ3v) is 4.86. The predicted molar refractivity (Wildman–Crippen MR) is 80.2 cm³/mol. The van der Waals surface area contributed by atoms with E-state index in [4.69, 9.17) is 11.6 Å². The molecule has 0 spiro atoms. The Bertz CT molecular complexity index is 586. The third-order valence-electron chi connectivity index (χ3n) is 2.73. The van der Waals surface area contributed by atoms with Gasteiger partial charge in [0.2, 0.25) is 0 Å². The first kappa shape index (κ1) is 16.8. The van der Waals surface area contributed by atoms with Crippen molar-refractivity contribution in [1.82, 2.24) is 0 Å². The first-order valence-electron chi connectivity index (χ1n) is 6.14. The molecule has 1 aromatic rings. The van der Waals surface area contributed by atoms with Crippen LogP contribution in [0.5, 0.6) is 0 Å². The van der Waals surface area contributed by atoms with Gasteiger partial charge in [-0.15, -0.1) is 0 Å². The molecule has 0 aromatic heterocycles. The van der Waals surface area contributed by atoms with Crippen LogP contribution in [0.3, 0.4) is 0 Å². The van der Waals surface area contributed by atoms with E-state index < -0.39 is 15.8 Å². The number of carbonyl (C=O) groups is 1. The van der Waals surface area contributed by atoms with Gasteiger partial charge in [-0.3, -0.25) is 0 Å². The molecule has 1 unspecified atom stereocenters. The van der Waals surface area contributed by atoms with Crippen molar-refractivity contribution in [2.45, 2.75) is 19.9 Å². The van der Waals surface area contributed by atoms with Crippen LogP contribution in [0.1, 0.15) is 24.2 Å². The van der Waals surface area contributed by atoms with Crippen molar-refractivity contribution in [2.75, 3.05) is 23.9 Å². The number of methoxy groups -OCH3 is 1. The molecule has 1 aromatic carbocycles. The summed E-state index contributed by atoms with van der Waals surface area (Å²) in [5.41, 5.74) is 0.779. The molecular weight excluding hydrogens is 302 g/mol. The van der Waals surface area contributed by atoms with Crippen LogP contribution in [0.4, 0.5) is 5.69 Å². The van der Waals surface area contributed by atoms with E-state index >= 15 is 0 Å². The maximum Gasteiger partial charge on any atom is 0.340 e. The number of esters is 1. The maximum atomic E-state index is 11.7. The van der Waals surface area contributed by atoms with Gasteiger partial charge in [0.15, 0.2) is 9.84 Å². The van der Waals surface area contributed by atoms with E-state index in [0.29, 0.717) is 10.7 Å². The molecule has 112 valence electrons. The van der Waals surface area contributed by atoms with Crippen LogP contribution in [0, 0.1) is 0 Å². The van der Waals surface area contributed by atoms with E-state index in [0.717, 1.165) is 0 Å². The van der Waals surface area contributed by atoms with E-state index in [1.165, 1.54) is 13.2 Å². The van der Waals surface area contributed by atoms with Gasteiger partial charge in [0.1, 0.15) is 0 Å². The second-order valence-electron chi connectivity index (χ2n) is 4.43. The number of hydrogen-bond donors (Lipinski definition) is 1. The molecule has 0 radical (unpaired) electrons. The molecule has 0 heterocycles. The van der Waals surface area contributed by atoms with Gasteiger partial charge in [-0.05, 0) is 25.1 Å². The first-order chi connectivity index (χ1) is 9.29. The Hall–Kier alpha value is -1.27. The van der Waals surface area contributed by atoms with Gasteiger partial charge >= 0.3 is 5.97 Å². The standard InChI is InChI=1S/C13H18ClNO4S/c1-4-20(17,18)8-9(2)15-12-6-5-10(14)7-11(12)13(16)19-3/h5-7,9,15H,4,8H2,1-3H3. The van der Waals surface area contributed by atoms with Crippen LogP contribution in [0.2, 0.25) is 5.02 Å². The summed E-state index contributed by atoms with van der Waals surface area (Å²) in [6.07, 6.45) is 0. The first-order valence-corrected chi connectivity index (χ1v) is 8.33. The van der Waals surface area contributed by atoms with Crippen LogP contribution in [-0.2, 0) is 14.6 Å². The van der Waals surface area contributed by atoms with E-state index in [1.807, 2.05) is 0 Å². The number of sulfone groups is 1. The molecule has 0 bridgehead atoms. The number of hydrogen-bond acceptors (Lipinski definition) is 5. The number of benzene rings is 1. The van der Waals surface area contributed by atoms with Gasteiger partial charge in [0.05, 0.1) is 18.4 Å². The Morgan fingerprint density at radius 1 is 1.45 bits per heavy atom. The molecule has 0 saturated carbocycles. The Morgan fingerprint density at radius 2 is 2.10 bits per heavy atom. The lowest BCUT2D eigenvalue weighted by Crippen LogP contribution is -2.27.